The number of hydrogen-bond acceptors (Lipinski definition) is 3. The Bertz CT molecular complexity index is 569. The van der Waals surface area contributed by atoms with Crippen LogP contribution in [0.1, 0.15) is 239 Å². The zero-order valence-electron chi connectivity index (χ0n) is 30.9. The number of aliphatic hydroxyl groups excluding tert-OH is 2. The maximum absolute atomic E-state index is 12.4. The molecule has 0 unspecified atom stereocenters. The molecule has 1 amide bonds. The van der Waals surface area contributed by atoms with Crippen molar-refractivity contribution in [2.24, 2.45) is 0 Å². The van der Waals surface area contributed by atoms with Crippen LogP contribution in [-0.4, -0.2) is 34.9 Å². The summed E-state index contributed by atoms with van der Waals surface area (Å²) < 4.78 is 0. The monoisotopic (exact) mass is 638 g/mol. The first-order chi connectivity index (χ1) is 22.2. The average molecular weight is 638 g/mol. The molecule has 0 aliphatic carbocycles. The molecule has 0 bridgehead atoms. The fourth-order valence-corrected chi connectivity index (χ4v) is 6.66. The molecule has 4 heteroatoms. The topological polar surface area (TPSA) is 69.6 Å². The van der Waals surface area contributed by atoms with Crippen LogP contribution >= 0.6 is 0 Å². The van der Waals surface area contributed by atoms with E-state index in [0.29, 0.717) is 12.8 Å². The molecule has 4 nitrogen and oxygen atoms in total. The molecule has 0 aromatic rings. The van der Waals surface area contributed by atoms with E-state index in [0.717, 1.165) is 25.7 Å². The minimum atomic E-state index is -0.652. The molecular formula is C41H83NO3. The van der Waals surface area contributed by atoms with E-state index < -0.39 is 12.1 Å². The Morgan fingerprint density at radius 3 is 1.00 bits per heavy atom. The third kappa shape index (κ3) is 34.5. The van der Waals surface area contributed by atoms with Gasteiger partial charge in [-0.15, -0.1) is 0 Å². The fourth-order valence-electron chi connectivity index (χ4n) is 6.66. The molecule has 0 aromatic carbocycles. The van der Waals surface area contributed by atoms with Crippen molar-refractivity contribution in [3.8, 4) is 0 Å². The summed E-state index contributed by atoms with van der Waals surface area (Å²) in [5, 5.41) is 23.1. The maximum atomic E-state index is 12.4. The van der Waals surface area contributed by atoms with Crippen molar-refractivity contribution in [1.29, 1.82) is 0 Å². The van der Waals surface area contributed by atoms with Crippen LogP contribution in [0.5, 0.6) is 0 Å². The van der Waals surface area contributed by atoms with Crippen LogP contribution in [0.2, 0.25) is 0 Å². The Kier molecular flexibility index (Phi) is 37.3. The van der Waals surface area contributed by atoms with Crippen LogP contribution in [0.4, 0.5) is 0 Å². The maximum Gasteiger partial charge on any atom is 0.220 e. The molecule has 0 aliphatic rings. The number of unbranched alkanes of at least 4 members (excludes halogenated alkanes) is 31. The first-order valence-corrected chi connectivity index (χ1v) is 20.7. The summed E-state index contributed by atoms with van der Waals surface area (Å²) in [5.74, 6) is -0.0268. The van der Waals surface area contributed by atoms with Gasteiger partial charge in [-0.3, -0.25) is 4.79 Å². The quantitative estimate of drug-likeness (QED) is 0.0590. The van der Waals surface area contributed by atoms with Crippen LogP contribution in [0.3, 0.4) is 0 Å². The molecule has 0 spiro atoms. The van der Waals surface area contributed by atoms with E-state index >= 15 is 0 Å². The summed E-state index contributed by atoms with van der Waals surface area (Å²) in [7, 11) is 0. The van der Waals surface area contributed by atoms with E-state index in [4.69, 9.17) is 0 Å². The Labute approximate surface area is 283 Å². The first kappa shape index (κ1) is 44.4. The Hall–Kier alpha value is -0.610. The van der Waals surface area contributed by atoms with Gasteiger partial charge in [0.05, 0.1) is 18.8 Å². The van der Waals surface area contributed by atoms with E-state index in [9.17, 15) is 15.0 Å². The molecule has 0 heterocycles. The molecule has 45 heavy (non-hydrogen) atoms. The van der Waals surface area contributed by atoms with Gasteiger partial charge in [-0.05, 0) is 12.8 Å². The largest absolute Gasteiger partial charge is 0.394 e. The molecule has 0 aromatic heterocycles. The predicted octanol–water partition coefficient (Wildman–Crippen LogP) is 12.5. The van der Waals surface area contributed by atoms with Crippen molar-refractivity contribution in [1.82, 2.24) is 5.32 Å². The number of carbonyl (C=O) groups is 1. The summed E-state index contributed by atoms with van der Waals surface area (Å²) in [4.78, 5) is 12.4. The molecule has 2 atom stereocenters. The highest BCUT2D eigenvalue weighted by atomic mass is 16.3. The van der Waals surface area contributed by atoms with E-state index in [-0.39, 0.29) is 12.5 Å². The number of carbonyl (C=O) groups excluding carboxylic acids is 1. The average Bonchev–Trinajstić information content (AvgIpc) is 3.04. The molecule has 0 aliphatic heterocycles. The third-order valence-electron chi connectivity index (χ3n) is 9.87. The zero-order valence-corrected chi connectivity index (χ0v) is 30.9. The highest BCUT2D eigenvalue weighted by Crippen LogP contribution is 2.16. The lowest BCUT2D eigenvalue weighted by Crippen LogP contribution is -2.45. The van der Waals surface area contributed by atoms with Crippen molar-refractivity contribution in [2.45, 2.75) is 251 Å². The van der Waals surface area contributed by atoms with Crippen LogP contribution in [-0.2, 0) is 4.79 Å². The summed E-state index contributed by atoms with van der Waals surface area (Å²) in [6, 6.07) is -0.528. The van der Waals surface area contributed by atoms with E-state index in [1.54, 1.807) is 0 Å². The molecule has 270 valence electrons. The molecule has 3 N–H and O–H groups in total. The third-order valence-corrected chi connectivity index (χ3v) is 9.87. The van der Waals surface area contributed by atoms with Gasteiger partial charge >= 0.3 is 0 Å². The van der Waals surface area contributed by atoms with E-state index in [1.807, 2.05) is 0 Å². The van der Waals surface area contributed by atoms with Gasteiger partial charge in [-0.1, -0.05) is 219 Å². The lowest BCUT2D eigenvalue weighted by atomic mass is 10.0. The molecular weight excluding hydrogens is 554 g/mol. The first-order valence-electron chi connectivity index (χ1n) is 20.7. The second-order valence-electron chi connectivity index (χ2n) is 14.4. The smallest absolute Gasteiger partial charge is 0.220 e. The number of hydrogen-bond donors (Lipinski definition) is 3. The van der Waals surface area contributed by atoms with Crippen molar-refractivity contribution >= 4 is 5.91 Å². The number of rotatable bonds is 38. The van der Waals surface area contributed by atoms with Crippen molar-refractivity contribution in [3.05, 3.63) is 0 Å². The highest BCUT2D eigenvalue weighted by molar-refractivity contribution is 5.76. The highest BCUT2D eigenvalue weighted by Gasteiger charge is 2.20. The lowest BCUT2D eigenvalue weighted by molar-refractivity contribution is -0.123. The Morgan fingerprint density at radius 1 is 0.444 bits per heavy atom. The second-order valence-corrected chi connectivity index (χ2v) is 14.4. The summed E-state index contributed by atoms with van der Waals surface area (Å²) in [5.41, 5.74) is 0. The second kappa shape index (κ2) is 37.8. The molecule has 0 saturated heterocycles. The molecule has 0 radical (unpaired) electrons. The van der Waals surface area contributed by atoms with Gasteiger partial charge in [0.25, 0.3) is 0 Å². The minimum Gasteiger partial charge on any atom is -0.394 e. The zero-order chi connectivity index (χ0) is 32.9. The van der Waals surface area contributed by atoms with Gasteiger partial charge in [0.15, 0.2) is 0 Å². The van der Waals surface area contributed by atoms with Gasteiger partial charge < -0.3 is 15.5 Å². The normalized spacial score (nSPS) is 12.9. The van der Waals surface area contributed by atoms with E-state index in [2.05, 4.69) is 19.2 Å². The SMILES string of the molecule is CCCCCCCCCCCCCCCCCCCC(=O)N[C@@H](CO)[C@H](O)CCCCCCCCCCCCCCCCCC. The lowest BCUT2D eigenvalue weighted by Gasteiger charge is -2.22. The summed E-state index contributed by atoms with van der Waals surface area (Å²) >= 11 is 0. The van der Waals surface area contributed by atoms with Gasteiger partial charge in [-0.2, -0.15) is 0 Å². The van der Waals surface area contributed by atoms with Crippen LogP contribution < -0.4 is 5.32 Å². The molecule has 0 fully saturated rings. The fraction of sp³-hybridized carbons (Fsp3) is 0.976. The molecule has 0 saturated carbocycles. The van der Waals surface area contributed by atoms with Gasteiger partial charge in [0.2, 0.25) is 5.91 Å². The Balaban J connectivity index is 3.49. The van der Waals surface area contributed by atoms with Gasteiger partial charge in [0.1, 0.15) is 0 Å². The van der Waals surface area contributed by atoms with Gasteiger partial charge in [-0.25, -0.2) is 0 Å². The summed E-state index contributed by atoms with van der Waals surface area (Å²) in [6.45, 7) is 4.38. The predicted molar refractivity (Wildman–Crippen MR) is 198 cm³/mol. The molecule has 0 rings (SSSR count). The van der Waals surface area contributed by atoms with Gasteiger partial charge in [0, 0.05) is 6.42 Å². The van der Waals surface area contributed by atoms with Crippen molar-refractivity contribution in [2.75, 3.05) is 6.61 Å². The Morgan fingerprint density at radius 2 is 0.711 bits per heavy atom. The number of nitrogens with one attached hydrogen (secondary N) is 1. The van der Waals surface area contributed by atoms with E-state index in [1.165, 1.54) is 186 Å². The standard InChI is InChI=1S/C41H83NO3/c1-3-5-7-9-11-13-15-17-19-21-23-25-27-29-31-33-35-37-41(45)42-39(38-43)40(44)36-34-32-30-28-26-24-22-20-18-16-14-12-10-8-6-4-2/h39-40,43-44H,3-38H2,1-2H3,(H,42,45)/t39-,40+/m0/s1. The van der Waals surface area contributed by atoms with Crippen LogP contribution in [0.15, 0.2) is 0 Å². The van der Waals surface area contributed by atoms with Crippen LogP contribution in [0, 0.1) is 0 Å². The van der Waals surface area contributed by atoms with Crippen LogP contribution in [0.25, 0.3) is 0 Å². The minimum absolute atomic E-state index is 0.0268. The summed E-state index contributed by atoms with van der Waals surface area (Å²) in [6.07, 6.45) is 44.5. The number of amides is 1. The van der Waals surface area contributed by atoms with Crippen molar-refractivity contribution in [3.63, 3.8) is 0 Å². The van der Waals surface area contributed by atoms with Crippen molar-refractivity contribution < 1.29 is 15.0 Å². The number of aliphatic hydroxyl groups is 2.